The fourth-order valence-corrected chi connectivity index (χ4v) is 4.66. The van der Waals surface area contributed by atoms with E-state index in [1.54, 1.807) is 16.8 Å². The zero-order valence-electron chi connectivity index (χ0n) is 17.4. The van der Waals surface area contributed by atoms with Gasteiger partial charge in [0.25, 0.3) is 5.91 Å². The topological polar surface area (TPSA) is 121 Å². The number of carbonyl (C=O) groups is 1. The van der Waals surface area contributed by atoms with Crippen LogP contribution in [0.5, 0.6) is 0 Å². The lowest BCUT2D eigenvalue weighted by molar-refractivity contribution is 0.0994. The largest absolute Gasteiger partial charge is 0.364 e. The van der Waals surface area contributed by atoms with Gasteiger partial charge in [-0.15, -0.1) is 11.3 Å². The van der Waals surface area contributed by atoms with Gasteiger partial charge >= 0.3 is 0 Å². The Morgan fingerprint density at radius 3 is 2.84 bits per heavy atom. The molecule has 3 N–H and O–H groups in total. The number of aromatic nitrogens is 3. The van der Waals surface area contributed by atoms with Crippen molar-refractivity contribution in [1.29, 1.82) is 10.7 Å². The lowest BCUT2D eigenvalue weighted by atomic mass is 10.1. The van der Waals surface area contributed by atoms with Gasteiger partial charge in [0.1, 0.15) is 11.8 Å². The van der Waals surface area contributed by atoms with E-state index < -0.39 is 5.91 Å². The van der Waals surface area contributed by atoms with Crippen molar-refractivity contribution in [3.05, 3.63) is 56.6 Å². The highest BCUT2D eigenvalue weighted by Crippen LogP contribution is 2.30. The summed E-state index contributed by atoms with van der Waals surface area (Å²) in [5.41, 5.74) is 8.43. The lowest BCUT2D eigenvalue weighted by Crippen LogP contribution is -2.16. The molecule has 160 valence electrons. The molecule has 1 aromatic carbocycles. The van der Waals surface area contributed by atoms with Gasteiger partial charge in [-0.05, 0) is 24.6 Å². The van der Waals surface area contributed by atoms with Crippen LogP contribution < -0.4 is 5.73 Å². The predicted octanol–water partition coefficient (Wildman–Crippen LogP) is 4.80. The van der Waals surface area contributed by atoms with E-state index in [4.69, 9.17) is 28.0 Å². The van der Waals surface area contributed by atoms with Gasteiger partial charge < -0.3 is 11.1 Å². The Morgan fingerprint density at radius 2 is 2.19 bits per heavy atom. The molecule has 0 aliphatic carbocycles. The normalized spacial score (nSPS) is 11.8. The van der Waals surface area contributed by atoms with E-state index in [2.05, 4.69) is 10.1 Å². The quantitative estimate of drug-likeness (QED) is 0.451. The minimum absolute atomic E-state index is 0.0357. The van der Waals surface area contributed by atoms with Crippen molar-refractivity contribution < 1.29 is 4.79 Å². The molecule has 0 bridgehead atoms. The third-order valence-electron chi connectivity index (χ3n) is 4.78. The third kappa shape index (κ3) is 5.37. The smallest absolute Gasteiger partial charge is 0.268 e. The summed E-state index contributed by atoms with van der Waals surface area (Å²) in [5.74, 6) is -0.592. The highest BCUT2D eigenvalue weighted by Gasteiger charge is 2.22. The molecule has 9 heteroatoms. The Morgan fingerprint density at radius 1 is 1.42 bits per heavy atom. The van der Waals surface area contributed by atoms with E-state index in [0.29, 0.717) is 35.7 Å². The van der Waals surface area contributed by atoms with Crippen molar-refractivity contribution in [2.24, 2.45) is 5.73 Å². The molecule has 1 amide bonds. The zero-order chi connectivity index (χ0) is 22.5. The zero-order valence-corrected chi connectivity index (χ0v) is 18.9. The molecule has 1 unspecified atom stereocenters. The van der Waals surface area contributed by atoms with E-state index >= 15 is 0 Å². The molecule has 0 saturated heterocycles. The molecule has 31 heavy (non-hydrogen) atoms. The van der Waals surface area contributed by atoms with Crippen LogP contribution in [0.4, 0.5) is 0 Å². The fraction of sp³-hybridized carbons (Fsp3) is 0.318. The van der Waals surface area contributed by atoms with Gasteiger partial charge in [0.2, 0.25) is 0 Å². The van der Waals surface area contributed by atoms with Gasteiger partial charge in [0, 0.05) is 41.2 Å². The summed E-state index contributed by atoms with van der Waals surface area (Å²) in [4.78, 5) is 17.1. The van der Waals surface area contributed by atoms with E-state index in [1.807, 2.05) is 38.2 Å². The van der Waals surface area contributed by atoms with E-state index in [0.717, 1.165) is 27.6 Å². The molecule has 3 aromatic rings. The molecule has 0 aliphatic rings. The van der Waals surface area contributed by atoms with Crippen LogP contribution in [0.2, 0.25) is 5.02 Å². The monoisotopic (exact) mass is 454 g/mol. The number of rotatable bonds is 9. The molecule has 7 nitrogen and oxygen atoms in total. The molecule has 1 atom stereocenters. The number of amides is 1. The summed E-state index contributed by atoms with van der Waals surface area (Å²) < 4.78 is 1.80. The Hall–Kier alpha value is -3.02. The maximum atomic E-state index is 11.9. The second kappa shape index (κ2) is 9.86. The maximum absolute atomic E-state index is 11.9. The van der Waals surface area contributed by atoms with Gasteiger partial charge in [0.05, 0.1) is 21.3 Å². The number of primary amides is 1. The van der Waals surface area contributed by atoms with Gasteiger partial charge in [-0.2, -0.15) is 10.4 Å². The van der Waals surface area contributed by atoms with Gasteiger partial charge in [-0.3, -0.25) is 9.48 Å². The molecule has 0 spiro atoms. The molecule has 2 aromatic heterocycles. The summed E-state index contributed by atoms with van der Waals surface area (Å²) in [5, 5.41) is 22.8. The first-order valence-electron chi connectivity index (χ1n) is 9.91. The number of hydrogen-bond acceptors (Lipinski definition) is 6. The second-order valence-electron chi connectivity index (χ2n) is 7.35. The van der Waals surface area contributed by atoms with Crippen molar-refractivity contribution in [3.63, 3.8) is 0 Å². The average Bonchev–Trinajstić information content (AvgIpc) is 3.35. The predicted molar refractivity (Wildman–Crippen MR) is 123 cm³/mol. The Kier molecular flexibility index (Phi) is 7.21. The number of hydrogen-bond donors (Lipinski definition) is 2. The van der Waals surface area contributed by atoms with Crippen molar-refractivity contribution >= 4 is 34.6 Å². The summed E-state index contributed by atoms with van der Waals surface area (Å²) >= 11 is 7.57. The molecule has 0 fully saturated rings. The number of benzene rings is 1. The lowest BCUT2D eigenvalue weighted by Gasteiger charge is -2.10. The molecule has 0 saturated carbocycles. The van der Waals surface area contributed by atoms with Crippen LogP contribution in [-0.4, -0.2) is 26.4 Å². The summed E-state index contributed by atoms with van der Waals surface area (Å²) in [6, 6.07) is 9.13. The van der Waals surface area contributed by atoms with E-state index in [9.17, 15) is 4.79 Å². The summed E-state index contributed by atoms with van der Waals surface area (Å²) in [6.07, 6.45) is 3.92. The van der Waals surface area contributed by atoms with Crippen LogP contribution in [0, 0.1) is 16.7 Å². The van der Waals surface area contributed by atoms with Crippen molar-refractivity contribution in [1.82, 2.24) is 14.8 Å². The van der Waals surface area contributed by atoms with Crippen LogP contribution in [0.25, 0.3) is 11.3 Å². The van der Waals surface area contributed by atoms with E-state index in [1.165, 1.54) is 11.3 Å². The first kappa shape index (κ1) is 22.7. The van der Waals surface area contributed by atoms with Crippen LogP contribution >= 0.6 is 22.9 Å². The molecule has 3 rings (SSSR count). The van der Waals surface area contributed by atoms with Crippen molar-refractivity contribution in [3.8, 4) is 17.3 Å². The van der Waals surface area contributed by atoms with Crippen molar-refractivity contribution in [2.75, 3.05) is 0 Å². The minimum Gasteiger partial charge on any atom is -0.364 e. The van der Waals surface area contributed by atoms with E-state index in [-0.39, 0.29) is 11.6 Å². The number of nitrogens with two attached hydrogens (primary N) is 1. The molecule has 2 heterocycles. The average molecular weight is 455 g/mol. The second-order valence-corrected chi connectivity index (χ2v) is 8.87. The minimum atomic E-state index is -0.556. The number of nitrogens with one attached hydrogen (secondary N) is 1. The highest BCUT2D eigenvalue weighted by molar-refractivity contribution is 7.12. The Labute approximate surface area is 190 Å². The molecule has 0 aliphatic heterocycles. The molecule has 0 radical (unpaired) electrons. The Bertz CT molecular complexity index is 1160. The standard InChI is InChI=1S/C22H23ClN6OS/c1-3-4-16(25)10-19-27-20(22(26)30)21(31-19)13(2)12-29-8-7-18(28-29)14-5-6-15(11-24)17(23)9-14/h5-9,13,25H,3-4,10,12H2,1-2H3,(H2,26,30). The number of carbonyl (C=O) groups excluding carboxylic acids is 1. The Balaban J connectivity index is 1.79. The van der Waals surface area contributed by atoms with Gasteiger partial charge in [-0.25, -0.2) is 4.98 Å². The maximum Gasteiger partial charge on any atom is 0.268 e. The van der Waals surface area contributed by atoms with Crippen LogP contribution in [-0.2, 0) is 13.0 Å². The summed E-state index contributed by atoms with van der Waals surface area (Å²) in [6.45, 7) is 4.57. The molecular formula is C22H23ClN6OS. The number of nitriles is 1. The van der Waals surface area contributed by atoms with Crippen LogP contribution in [0.15, 0.2) is 30.5 Å². The third-order valence-corrected chi connectivity index (χ3v) is 6.38. The first-order valence-corrected chi connectivity index (χ1v) is 11.1. The fourth-order valence-electron chi connectivity index (χ4n) is 3.28. The number of halogens is 1. The SMILES string of the molecule is CCCC(=N)Cc1nc(C(N)=O)c(C(C)Cn2ccc(-c3ccc(C#N)c(Cl)c3)n2)s1. The van der Waals surface area contributed by atoms with Gasteiger partial charge in [0.15, 0.2) is 0 Å². The summed E-state index contributed by atoms with van der Waals surface area (Å²) in [7, 11) is 0. The highest BCUT2D eigenvalue weighted by atomic mass is 35.5. The number of thiazole rings is 1. The van der Waals surface area contributed by atoms with Crippen LogP contribution in [0.3, 0.4) is 0 Å². The number of nitrogens with zero attached hydrogens (tertiary/aromatic N) is 4. The van der Waals surface area contributed by atoms with Crippen molar-refractivity contribution in [2.45, 2.75) is 45.6 Å². The van der Waals surface area contributed by atoms with Gasteiger partial charge in [-0.1, -0.05) is 37.9 Å². The molecular weight excluding hydrogens is 432 g/mol. The van der Waals surface area contributed by atoms with Crippen LogP contribution in [0.1, 0.15) is 58.5 Å². The first-order chi connectivity index (χ1) is 14.8.